The van der Waals surface area contributed by atoms with Gasteiger partial charge < -0.3 is 39.8 Å². The first-order valence-electron chi connectivity index (χ1n) is 14.1. The first-order valence-corrected chi connectivity index (χ1v) is 14.1. The number of fused-ring (bicyclic) bond motifs is 2. The van der Waals surface area contributed by atoms with Gasteiger partial charge in [-0.05, 0) is 57.1 Å². The van der Waals surface area contributed by atoms with Crippen LogP contribution in [-0.2, 0) is 30.2 Å². The first-order chi connectivity index (χ1) is 19.8. The van der Waals surface area contributed by atoms with Gasteiger partial charge in [-0.15, -0.1) is 0 Å². The third kappa shape index (κ3) is 9.85. The summed E-state index contributed by atoms with van der Waals surface area (Å²) >= 11 is 0. The molecule has 2 bridgehead atoms. The molecule has 1 aromatic carbocycles. The number of amides is 2. The van der Waals surface area contributed by atoms with Crippen LogP contribution in [0.25, 0.3) is 0 Å². The molecule has 2 rings (SSSR count). The molecule has 2 amide bonds. The summed E-state index contributed by atoms with van der Waals surface area (Å²) < 4.78 is 27.9. The predicted molar refractivity (Wildman–Crippen MR) is 158 cm³/mol. The summed E-state index contributed by atoms with van der Waals surface area (Å²) in [5.41, 5.74) is 7.67. The van der Waals surface area contributed by atoms with E-state index < -0.39 is 36.5 Å². The number of aliphatic hydroxyl groups excluding tert-OH is 1. The number of esters is 1. The summed E-state index contributed by atoms with van der Waals surface area (Å²) in [6, 6.07) is 3.34. The second-order valence-electron chi connectivity index (χ2n) is 10.9. The van der Waals surface area contributed by atoms with Crippen molar-refractivity contribution >= 4 is 23.7 Å². The highest BCUT2D eigenvalue weighted by Gasteiger charge is 2.30. The number of rotatable bonds is 5. The van der Waals surface area contributed by atoms with Crippen molar-refractivity contribution in [3.8, 4) is 11.5 Å². The number of hydrogen-bond donors (Lipinski definition) is 3. The molecule has 0 unspecified atom stereocenters. The zero-order valence-electron chi connectivity index (χ0n) is 25.9. The van der Waals surface area contributed by atoms with E-state index in [4.69, 9.17) is 29.4 Å². The maximum absolute atomic E-state index is 13.1. The molecule has 0 saturated heterocycles. The first kappa shape index (κ1) is 34.8. The zero-order chi connectivity index (χ0) is 31.6. The molecule has 0 aliphatic carbocycles. The van der Waals surface area contributed by atoms with Crippen molar-refractivity contribution in [1.82, 2.24) is 0 Å². The van der Waals surface area contributed by atoms with E-state index in [1.807, 2.05) is 19.9 Å². The molecule has 6 atom stereocenters. The maximum Gasteiger partial charge on any atom is 0.405 e. The van der Waals surface area contributed by atoms with E-state index >= 15 is 0 Å². The van der Waals surface area contributed by atoms with E-state index in [1.54, 1.807) is 39.2 Å². The van der Waals surface area contributed by atoms with Gasteiger partial charge >= 0.3 is 12.1 Å². The summed E-state index contributed by atoms with van der Waals surface area (Å²) in [6.45, 7) is 8.65. The number of anilines is 1. The van der Waals surface area contributed by atoms with Crippen LogP contribution in [0, 0.1) is 11.8 Å². The number of nitrogens with one attached hydrogen (secondary N) is 1. The van der Waals surface area contributed by atoms with Crippen LogP contribution >= 0.6 is 0 Å². The molecular formula is C31H46N2O9. The van der Waals surface area contributed by atoms with E-state index in [0.29, 0.717) is 48.3 Å². The minimum atomic E-state index is -0.943. The molecule has 42 heavy (non-hydrogen) atoms. The van der Waals surface area contributed by atoms with Crippen molar-refractivity contribution in [2.45, 2.75) is 84.7 Å². The summed E-state index contributed by atoms with van der Waals surface area (Å²) in [5.74, 6) is -0.655. The predicted octanol–water partition coefficient (Wildman–Crippen LogP) is 4.31. The second kappa shape index (κ2) is 16.3. The topological polar surface area (TPSA) is 156 Å². The number of ether oxygens (including phenoxy) is 5. The third-order valence-electron chi connectivity index (χ3n) is 7.39. The van der Waals surface area contributed by atoms with E-state index in [-0.39, 0.29) is 23.5 Å². The number of carbonyl (C=O) groups is 3. The smallest absolute Gasteiger partial charge is 0.405 e. The lowest BCUT2D eigenvalue weighted by Crippen LogP contribution is -2.37. The van der Waals surface area contributed by atoms with Gasteiger partial charge in [0.05, 0.1) is 25.4 Å². The molecule has 0 saturated carbocycles. The highest BCUT2D eigenvalue weighted by Crippen LogP contribution is 2.37. The molecule has 1 aliphatic heterocycles. The Balaban J connectivity index is 2.60. The van der Waals surface area contributed by atoms with Gasteiger partial charge in [0, 0.05) is 50.0 Å². The molecule has 0 spiro atoms. The van der Waals surface area contributed by atoms with Gasteiger partial charge in [0.2, 0.25) is 0 Å². The second-order valence-corrected chi connectivity index (χ2v) is 10.9. The van der Waals surface area contributed by atoms with Gasteiger partial charge in [-0.25, -0.2) is 4.79 Å². The number of primary amides is 1. The van der Waals surface area contributed by atoms with Crippen molar-refractivity contribution in [2.75, 3.05) is 26.6 Å². The standard InChI is InChI=1S/C31H46N2O9/c1-17-12-22-15-23(16-26(29(22)40-8)41-21(5)34)33-30(36)18(2)10-9-11-24(38-6)28(42-31(32)37)20(4)14-19(3)27(35)25(13-17)39-7/h10,14-17,19,24-25,27-28,35H,9,11-13H2,1-8H3,(H2,32,37)(H,33,36)/b18-10+,20-14+/t17-,19+,24+,25+,27-,28+/m1/s1. The van der Waals surface area contributed by atoms with Crippen molar-refractivity contribution in [3.63, 3.8) is 0 Å². The van der Waals surface area contributed by atoms with Crippen LogP contribution in [0.1, 0.15) is 59.4 Å². The zero-order valence-corrected chi connectivity index (χ0v) is 25.9. The summed E-state index contributed by atoms with van der Waals surface area (Å²) in [6.07, 6.45) is 1.75. The number of nitrogens with two attached hydrogens (primary N) is 1. The molecule has 11 nitrogen and oxygen atoms in total. The Labute approximate surface area is 248 Å². The lowest BCUT2D eigenvalue weighted by atomic mass is 9.88. The fourth-order valence-corrected chi connectivity index (χ4v) is 5.29. The Morgan fingerprint density at radius 1 is 1.07 bits per heavy atom. The van der Waals surface area contributed by atoms with E-state index in [1.165, 1.54) is 21.1 Å². The fourth-order valence-electron chi connectivity index (χ4n) is 5.29. The molecule has 11 heteroatoms. The van der Waals surface area contributed by atoms with Crippen LogP contribution in [0.3, 0.4) is 0 Å². The Morgan fingerprint density at radius 2 is 1.74 bits per heavy atom. The van der Waals surface area contributed by atoms with Crippen LogP contribution in [0.2, 0.25) is 0 Å². The van der Waals surface area contributed by atoms with E-state index in [9.17, 15) is 19.5 Å². The molecule has 0 radical (unpaired) electrons. The van der Waals surface area contributed by atoms with Crippen molar-refractivity contribution in [2.24, 2.45) is 17.6 Å². The van der Waals surface area contributed by atoms with Crippen LogP contribution in [0.5, 0.6) is 11.5 Å². The van der Waals surface area contributed by atoms with Crippen LogP contribution in [0.15, 0.2) is 35.4 Å². The average Bonchev–Trinajstić information content (AvgIpc) is 2.91. The van der Waals surface area contributed by atoms with Crippen LogP contribution in [0.4, 0.5) is 10.5 Å². The van der Waals surface area contributed by atoms with Gasteiger partial charge in [0.15, 0.2) is 17.6 Å². The molecule has 234 valence electrons. The summed E-state index contributed by atoms with van der Waals surface area (Å²) in [5, 5.41) is 14.1. The normalized spacial score (nSPS) is 28.8. The number of carbonyl (C=O) groups excluding carboxylic acids is 3. The monoisotopic (exact) mass is 590 g/mol. The molecular weight excluding hydrogens is 544 g/mol. The highest BCUT2D eigenvalue weighted by molar-refractivity contribution is 6.03. The van der Waals surface area contributed by atoms with Crippen molar-refractivity contribution < 1.29 is 43.2 Å². The number of methoxy groups -OCH3 is 3. The molecule has 1 aliphatic rings. The van der Waals surface area contributed by atoms with E-state index in [2.05, 4.69) is 5.32 Å². The number of aliphatic hydroxyl groups is 1. The Kier molecular flexibility index (Phi) is 13.5. The lowest BCUT2D eigenvalue weighted by molar-refractivity contribution is -0.132. The third-order valence-corrected chi connectivity index (χ3v) is 7.39. The van der Waals surface area contributed by atoms with E-state index in [0.717, 1.165) is 5.56 Å². The fraction of sp³-hybridized carbons (Fsp3) is 0.581. The molecule has 1 aromatic rings. The highest BCUT2D eigenvalue weighted by atomic mass is 16.6. The largest absolute Gasteiger partial charge is 0.493 e. The van der Waals surface area contributed by atoms with Gasteiger partial charge in [-0.1, -0.05) is 26.0 Å². The molecule has 1 heterocycles. The van der Waals surface area contributed by atoms with Gasteiger partial charge in [-0.2, -0.15) is 0 Å². The Morgan fingerprint density at radius 3 is 2.31 bits per heavy atom. The minimum Gasteiger partial charge on any atom is -0.493 e. The number of allylic oxidation sites excluding steroid dienone is 1. The van der Waals surface area contributed by atoms with Gasteiger partial charge in [0.25, 0.3) is 5.91 Å². The average molecular weight is 591 g/mol. The number of hydrogen-bond acceptors (Lipinski definition) is 9. The number of benzene rings is 1. The lowest BCUT2D eigenvalue weighted by Gasteiger charge is -2.30. The van der Waals surface area contributed by atoms with Crippen LogP contribution in [-0.4, -0.2) is 68.8 Å². The molecule has 0 aromatic heterocycles. The van der Waals surface area contributed by atoms with Gasteiger partial charge in [-0.3, -0.25) is 9.59 Å². The SMILES string of the molecule is COc1c2cc(cc1OC(C)=O)NC(=O)/C(C)=C/CC[C@H](OC)[C@@H](OC(N)=O)/C(C)=C/[C@H](C)[C@@H](O)[C@@H](OC)C[C@H](C)C2. The van der Waals surface area contributed by atoms with Gasteiger partial charge in [0.1, 0.15) is 0 Å². The summed E-state index contributed by atoms with van der Waals surface area (Å²) in [7, 11) is 4.55. The van der Waals surface area contributed by atoms with Crippen molar-refractivity contribution in [3.05, 3.63) is 41.0 Å². The molecule has 4 N–H and O–H groups in total. The quantitative estimate of drug-likeness (QED) is 0.258. The Hall–Kier alpha value is -3.41. The van der Waals surface area contributed by atoms with Crippen LogP contribution < -0.4 is 20.5 Å². The minimum absolute atomic E-state index is 0.0144. The van der Waals surface area contributed by atoms with Crippen molar-refractivity contribution in [1.29, 1.82) is 0 Å². The summed E-state index contributed by atoms with van der Waals surface area (Å²) in [4.78, 5) is 36.7. The molecule has 0 fully saturated rings. The Bertz CT molecular complexity index is 1160. The maximum atomic E-state index is 13.1.